The smallest absolute Gasteiger partial charge is 0.239 e. The van der Waals surface area contributed by atoms with Crippen molar-refractivity contribution in [2.45, 2.75) is 62.9 Å². The second-order valence-corrected chi connectivity index (χ2v) is 10.8. The number of hydrogen-bond donors (Lipinski definition) is 4. The Hall–Kier alpha value is -3.35. The fourth-order valence-electron chi connectivity index (χ4n) is 5.52. The van der Waals surface area contributed by atoms with Crippen molar-refractivity contribution in [1.82, 2.24) is 4.90 Å². The van der Waals surface area contributed by atoms with Gasteiger partial charge >= 0.3 is 0 Å². The second-order valence-electron chi connectivity index (χ2n) is 10.8. The number of aliphatic hydroxyl groups excluding tert-OH is 4. The number of hydrogen-bond acceptors (Lipinski definition) is 11. The highest BCUT2D eigenvalue weighted by Gasteiger charge is 2.40. The van der Waals surface area contributed by atoms with Gasteiger partial charge in [0.15, 0.2) is 5.76 Å². The number of unbranched alkanes of at least 4 members (excludes halogenated alkanes) is 5. The lowest BCUT2D eigenvalue weighted by molar-refractivity contribution is -0.145. The minimum Gasteiger partial charge on any atom is -0.497 e. The number of piperidine rings is 1. The summed E-state index contributed by atoms with van der Waals surface area (Å²) in [4.78, 5) is 15.5. The molecule has 0 unspecified atom stereocenters. The number of β-amino-alcohol motifs (C(OH)–C–C–N with tert-alkyl or cyclic N) is 1. The molecule has 4 atom stereocenters. The first kappa shape index (κ1) is 32.6. The van der Waals surface area contributed by atoms with Crippen LogP contribution in [0.5, 0.6) is 23.0 Å². The predicted molar refractivity (Wildman–Crippen MR) is 161 cm³/mol. The molecule has 0 spiro atoms. The summed E-state index contributed by atoms with van der Waals surface area (Å²) in [6.07, 6.45) is 1.96. The Morgan fingerprint density at radius 3 is 2.19 bits per heavy atom. The van der Waals surface area contributed by atoms with Crippen LogP contribution < -0.4 is 24.4 Å². The van der Waals surface area contributed by atoms with Crippen molar-refractivity contribution >= 4 is 11.0 Å². The van der Waals surface area contributed by atoms with E-state index in [0.29, 0.717) is 47.3 Å². The highest BCUT2D eigenvalue weighted by atomic mass is 16.5. The number of fused-ring (bicyclic) bond motifs is 1. The van der Waals surface area contributed by atoms with Gasteiger partial charge in [0.05, 0.1) is 46.7 Å². The van der Waals surface area contributed by atoms with Crippen LogP contribution in [0.1, 0.15) is 38.5 Å². The van der Waals surface area contributed by atoms with E-state index in [1.54, 1.807) is 31.4 Å². The first-order valence-electron chi connectivity index (χ1n) is 14.7. The van der Waals surface area contributed by atoms with Crippen molar-refractivity contribution in [2.75, 3.05) is 47.6 Å². The van der Waals surface area contributed by atoms with Crippen molar-refractivity contribution < 1.29 is 43.8 Å². The van der Waals surface area contributed by atoms with Crippen molar-refractivity contribution in [1.29, 1.82) is 0 Å². The van der Waals surface area contributed by atoms with Crippen LogP contribution >= 0.6 is 0 Å². The summed E-state index contributed by atoms with van der Waals surface area (Å²) in [6, 6.07) is 9.91. The third-order valence-corrected chi connectivity index (χ3v) is 8.00. The van der Waals surface area contributed by atoms with E-state index in [0.717, 1.165) is 38.5 Å². The van der Waals surface area contributed by atoms with Gasteiger partial charge in [-0.25, -0.2) is 0 Å². The van der Waals surface area contributed by atoms with Gasteiger partial charge in [0, 0.05) is 24.2 Å². The number of ether oxygens (including phenoxy) is 4. The molecule has 236 valence electrons. The SMILES string of the molecule is COc1ccc(-c2oc3cc(OC)cc(OC)c3c(=O)c2OCCCCCCCCN2C[C@H](O)[C@@H](O)[C@H](O)[C@H]2CO)cc1. The van der Waals surface area contributed by atoms with E-state index in [2.05, 4.69) is 0 Å². The average Bonchev–Trinajstić information content (AvgIpc) is 3.03. The van der Waals surface area contributed by atoms with Crippen LogP contribution in [0.3, 0.4) is 0 Å². The maximum absolute atomic E-state index is 13.7. The van der Waals surface area contributed by atoms with Gasteiger partial charge in [-0.3, -0.25) is 9.69 Å². The van der Waals surface area contributed by atoms with Gasteiger partial charge in [-0.15, -0.1) is 0 Å². The van der Waals surface area contributed by atoms with Gasteiger partial charge in [0.2, 0.25) is 11.2 Å². The minimum absolute atomic E-state index is 0.121. The molecule has 43 heavy (non-hydrogen) atoms. The summed E-state index contributed by atoms with van der Waals surface area (Å²) in [5.74, 6) is 1.95. The number of likely N-dealkylation sites (tertiary alicyclic amines) is 1. The summed E-state index contributed by atoms with van der Waals surface area (Å²) in [5.41, 5.74) is 0.672. The molecular formula is C32H43NO10. The molecule has 0 saturated carbocycles. The molecule has 0 aliphatic carbocycles. The molecule has 4 rings (SSSR count). The zero-order valence-corrected chi connectivity index (χ0v) is 25.0. The molecule has 11 nitrogen and oxygen atoms in total. The summed E-state index contributed by atoms with van der Waals surface area (Å²) in [6.45, 7) is 0.904. The molecule has 0 bridgehead atoms. The fourth-order valence-corrected chi connectivity index (χ4v) is 5.52. The summed E-state index contributed by atoms with van der Waals surface area (Å²) >= 11 is 0. The Labute approximate surface area is 251 Å². The van der Waals surface area contributed by atoms with Gasteiger partial charge in [-0.05, 0) is 43.7 Å². The first-order valence-corrected chi connectivity index (χ1v) is 14.7. The molecule has 3 aromatic rings. The molecule has 1 aliphatic heterocycles. The summed E-state index contributed by atoms with van der Waals surface area (Å²) in [7, 11) is 4.60. The second kappa shape index (κ2) is 15.4. The normalized spacial score (nSPS) is 20.7. The van der Waals surface area contributed by atoms with Gasteiger partial charge < -0.3 is 43.8 Å². The maximum Gasteiger partial charge on any atom is 0.239 e. The van der Waals surface area contributed by atoms with E-state index in [4.69, 9.17) is 23.4 Å². The standard InChI is InChI=1S/C32H43NO10/c1-39-21-12-10-20(11-13-21)31-32(30(38)27-25(41-3)16-22(40-2)17-26(27)43-31)42-15-9-7-5-4-6-8-14-33-18-24(35)29(37)28(36)23(33)19-34/h10-13,16-17,23-24,28-29,34-37H,4-9,14-15,18-19H2,1-3H3/t23-,24+,28-,29-/m1/s1. The van der Waals surface area contributed by atoms with Gasteiger partial charge in [0.25, 0.3) is 0 Å². The molecule has 1 saturated heterocycles. The van der Waals surface area contributed by atoms with Crippen molar-refractivity contribution in [2.24, 2.45) is 0 Å². The van der Waals surface area contributed by atoms with Crippen LogP contribution in [0.4, 0.5) is 0 Å². The van der Waals surface area contributed by atoms with Gasteiger partial charge in [0.1, 0.15) is 40.4 Å². The molecule has 1 aromatic heterocycles. The largest absolute Gasteiger partial charge is 0.497 e. The maximum atomic E-state index is 13.7. The van der Waals surface area contributed by atoms with E-state index in [1.807, 2.05) is 17.0 Å². The van der Waals surface area contributed by atoms with Crippen LogP contribution in [0, 0.1) is 0 Å². The van der Waals surface area contributed by atoms with Crippen molar-refractivity contribution in [3.8, 4) is 34.3 Å². The minimum atomic E-state index is -1.24. The van der Waals surface area contributed by atoms with Crippen molar-refractivity contribution in [3.63, 3.8) is 0 Å². The van der Waals surface area contributed by atoms with Crippen LogP contribution in [0.15, 0.2) is 45.6 Å². The Kier molecular flexibility index (Phi) is 11.7. The Bertz CT molecular complexity index is 1380. The third-order valence-electron chi connectivity index (χ3n) is 8.00. The zero-order valence-electron chi connectivity index (χ0n) is 25.0. The number of rotatable bonds is 15. The predicted octanol–water partition coefficient (Wildman–Crippen LogP) is 2.96. The average molecular weight is 602 g/mol. The molecule has 4 N–H and O–H groups in total. The number of benzene rings is 2. The van der Waals surface area contributed by atoms with E-state index in [-0.39, 0.29) is 29.7 Å². The molecule has 2 heterocycles. The molecule has 11 heteroatoms. The fraction of sp³-hybridized carbons (Fsp3) is 0.531. The monoisotopic (exact) mass is 601 g/mol. The Morgan fingerprint density at radius 1 is 0.860 bits per heavy atom. The van der Waals surface area contributed by atoms with Gasteiger partial charge in [-0.1, -0.05) is 25.7 Å². The number of aliphatic hydroxyl groups is 4. The Morgan fingerprint density at radius 2 is 1.53 bits per heavy atom. The summed E-state index contributed by atoms with van der Waals surface area (Å²) < 4.78 is 28.4. The van der Waals surface area contributed by atoms with E-state index in [9.17, 15) is 25.2 Å². The lowest BCUT2D eigenvalue weighted by atomic mass is 9.94. The van der Waals surface area contributed by atoms with E-state index >= 15 is 0 Å². The quantitative estimate of drug-likeness (QED) is 0.190. The Balaban J connectivity index is 1.35. The number of nitrogens with zero attached hydrogens (tertiary/aromatic N) is 1. The first-order chi connectivity index (χ1) is 20.8. The lowest BCUT2D eigenvalue weighted by Gasteiger charge is -2.43. The van der Waals surface area contributed by atoms with Gasteiger partial charge in [-0.2, -0.15) is 0 Å². The van der Waals surface area contributed by atoms with Crippen LogP contribution in [0.2, 0.25) is 0 Å². The summed E-state index contributed by atoms with van der Waals surface area (Å²) in [5, 5.41) is 39.9. The third kappa shape index (κ3) is 7.60. The zero-order chi connectivity index (χ0) is 30.9. The molecule has 0 radical (unpaired) electrons. The van der Waals surface area contributed by atoms with E-state index < -0.39 is 24.4 Å². The molecular weight excluding hydrogens is 558 g/mol. The molecule has 1 fully saturated rings. The highest BCUT2D eigenvalue weighted by molar-refractivity contribution is 5.88. The van der Waals surface area contributed by atoms with Crippen LogP contribution in [0.25, 0.3) is 22.3 Å². The van der Waals surface area contributed by atoms with E-state index in [1.165, 1.54) is 14.2 Å². The lowest BCUT2D eigenvalue weighted by Crippen LogP contribution is -2.62. The highest BCUT2D eigenvalue weighted by Crippen LogP contribution is 2.37. The number of methoxy groups -OCH3 is 3. The van der Waals surface area contributed by atoms with Crippen molar-refractivity contribution in [3.05, 3.63) is 46.6 Å². The van der Waals surface area contributed by atoms with Crippen LogP contribution in [-0.4, -0.2) is 97.3 Å². The molecule has 2 aromatic carbocycles. The molecule has 0 amide bonds. The van der Waals surface area contributed by atoms with Crippen LogP contribution in [-0.2, 0) is 0 Å². The topological polar surface area (TPSA) is 151 Å². The molecule has 1 aliphatic rings.